The van der Waals surface area contributed by atoms with Crippen LogP contribution in [-0.2, 0) is 19.7 Å². The van der Waals surface area contributed by atoms with Crippen molar-refractivity contribution in [3.05, 3.63) is 65.7 Å². The predicted molar refractivity (Wildman–Crippen MR) is 127 cm³/mol. The van der Waals surface area contributed by atoms with Crippen LogP contribution in [0.15, 0.2) is 59.5 Å². The summed E-state index contributed by atoms with van der Waals surface area (Å²) < 4.78 is 51.5. The molecule has 3 atom stereocenters. The van der Waals surface area contributed by atoms with E-state index in [9.17, 15) is 16.8 Å². The Labute approximate surface area is 191 Å². The van der Waals surface area contributed by atoms with Crippen molar-refractivity contribution in [1.29, 1.82) is 0 Å². The fraction of sp³-hybridized carbons (Fsp3) is 0.500. The average Bonchev–Trinajstić information content (AvgIpc) is 3.11. The van der Waals surface area contributed by atoms with Gasteiger partial charge in [-0.2, -0.15) is 0 Å². The van der Waals surface area contributed by atoms with E-state index in [2.05, 4.69) is 41.4 Å². The van der Waals surface area contributed by atoms with Gasteiger partial charge >= 0.3 is 0 Å². The maximum absolute atomic E-state index is 13.3. The maximum atomic E-state index is 13.3. The Bertz CT molecular complexity index is 1110. The highest BCUT2D eigenvalue weighted by molar-refractivity contribution is 7.96. The van der Waals surface area contributed by atoms with E-state index in [4.69, 9.17) is 0 Å². The van der Waals surface area contributed by atoms with Gasteiger partial charge in [0.2, 0.25) is 0 Å². The van der Waals surface area contributed by atoms with Crippen LogP contribution in [0.5, 0.6) is 0 Å². The first-order valence-electron chi connectivity index (χ1n) is 11.3. The van der Waals surface area contributed by atoms with Crippen LogP contribution in [0.25, 0.3) is 0 Å². The van der Waals surface area contributed by atoms with Crippen molar-refractivity contribution in [2.45, 2.75) is 48.4 Å². The third kappa shape index (κ3) is 5.25. The normalized spacial score (nSPS) is 24.9. The third-order valence-electron chi connectivity index (χ3n) is 6.64. The van der Waals surface area contributed by atoms with Crippen LogP contribution >= 0.6 is 0 Å². The van der Waals surface area contributed by atoms with Gasteiger partial charge < -0.3 is 5.32 Å². The molecule has 0 aliphatic carbocycles. The zero-order valence-corrected chi connectivity index (χ0v) is 20.1. The Morgan fingerprint density at radius 1 is 0.969 bits per heavy atom. The van der Waals surface area contributed by atoms with Crippen LogP contribution in [0.4, 0.5) is 0 Å². The van der Waals surface area contributed by atoms with Gasteiger partial charge in [-0.05, 0) is 50.6 Å². The van der Waals surface area contributed by atoms with Crippen molar-refractivity contribution in [3.63, 3.8) is 0 Å². The average molecular weight is 477 g/mol. The highest BCUT2D eigenvalue weighted by Gasteiger charge is 2.45. The first-order valence-corrected chi connectivity index (χ1v) is 14.7. The largest absolute Gasteiger partial charge is 0.310 e. The minimum Gasteiger partial charge on any atom is -0.310 e. The molecule has 0 radical (unpaired) electrons. The van der Waals surface area contributed by atoms with E-state index in [0.717, 1.165) is 25.9 Å². The van der Waals surface area contributed by atoms with Gasteiger partial charge in [-0.1, -0.05) is 54.4 Å². The van der Waals surface area contributed by atoms with Crippen LogP contribution in [-0.4, -0.2) is 64.2 Å². The third-order valence-corrected chi connectivity index (χ3v) is 10.8. The van der Waals surface area contributed by atoms with E-state index in [0.29, 0.717) is 6.54 Å². The number of aryl methyl sites for hydroxylation is 1. The summed E-state index contributed by atoms with van der Waals surface area (Å²) >= 11 is 0. The second-order valence-corrected chi connectivity index (χ2v) is 13.3. The number of likely N-dealkylation sites (tertiary alicyclic amines) is 1. The van der Waals surface area contributed by atoms with Gasteiger partial charge in [-0.15, -0.1) is 0 Å². The van der Waals surface area contributed by atoms with Crippen LogP contribution in [0.3, 0.4) is 0 Å². The minimum absolute atomic E-state index is 0.0827. The molecule has 2 aromatic rings. The number of piperidine rings is 1. The van der Waals surface area contributed by atoms with Crippen molar-refractivity contribution in [2.75, 3.05) is 31.1 Å². The van der Waals surface area contributed by atoms with Crippen LogP contribution in [0.1, 0.15) is 36.4 Å². The molecule has 2 saturated heterocycles. The molecule has 2 aliphatic heterocycles. The molecule has 4 rings (SSSR count). The van der Waals surface area contributed by atoms with Crippen molar-refractivity contribution in [1.82, 2.24) is 10.2 Å². The summed E-state index contributed by atoms with van der Waals surface area (Å²) in [5.41, 5.74) is 2.36. The number of nitrogens with zero attached hydrogens (tertiary/aromatic N) is 1. The van der Waals surface area contributed by atoms with Crippen molar-refractivity contribution in [3.8, 4) is 0 Å². The molecule has 1 unspecified atom stereocenters. The molecule has 0 amide bonds. The molecule has 1 N–H and O–H groups in total. The van der Waals surface area contributed by atoms with Gasteiger partial charge in [0, 0.05) is 18.6 Å². The number of nitrogens with one attached hydrogen (secondary N) is 1. The molecule has 0 spiro atoms. The maximum Gasteiger partial charge on any atom is 0.183 e. The molecule has 2 heterocycles. The SMILES string of the molecule is Cc1ccc(C(CN[C@H]2CS(=O)(=O)C[C@@H]2S(=O)(=O)c2ccccc2)N2CCCCC2)cc1. The summed E-state index contributed by atoms with van der Waals surface area (Å²) in [6.45, 7) is 4.56. The number of rotatable bonds is 7. The molecular formula is C24H32N2O4S2. The Morgan fingerprint density at radius 3 is 2.28 bits per heavy atom. The fourth-order valence-electron chi connectivity index (χ4n) is 4.84. The second-order valence-electron chi connectivity index (χ2n) is 9.01. The van der Waals surface area contributed by atoms with E-state index < -0.39 is 31.0 Å². The van der Waals surface area contributed by atoms with Gasteiger partial charge in [0.25, 0.3) is 0 Å². The van der Waals surface area contributed by atoms with Crippen molar-refractivity contribution in [2.24, 2.45) is 0 Å². The predicted octanol–water partition coefficient (Wildman–Crippen LogP) is 2.75. The summed E-state index contributed by atoms with van der Waals surface area (Å²) in [6.07, 6.45) is 3.51. The molecule has 0 aromatic heterocycles. The van der Waals surface area contributed by atoms with Gasteiger partial charge in [-0.25, -0.2) is 16.8 Å². The van der Waals surface area contributed by atoms with Crippen molar-refractivity contribution < 1.29 is 16.8 Å². The monoisotopic (exact) mass is 476 g/mol. The lowest BCUT2D eigenvalue weighted by Crippen LogP contribution is -2.47. The highest BCUT2D eigenvalue weighted by Crippen LogP contribution is 2.28. The summed E-state index contributed by atoms with van der Waals surface area (Å²) in [5, 5.41) is 2.40. The van der Waals surface area contributed by atoms with Gasteiger partial charge in [0.15, 0.2) is 19.7 Å². The molecule has 0 bridgehead atoms. The molecule has 0 saturated carbocycles. The Balaban J connectivity index is 1.57. The first-order chi connectivity index (χ1) is 15.3. The Kier molecular flexibility index (Phi) is 7.05. The summed E-state index contributed by atoms with van der Waals surface area (Å²) in [6, 6.07) is 16.1. The Hall–Kier alpha value is -1.74. The smallest absolute Gasteiger partial charge is 0.183 e. The van der Waals surface area contributed by atoms with Gasteiger partial charge in [0.05, 0.1) is 21.7 Å². The molecule has 32 heavy (non-hydrogen) atoms. The zero-order valence-electron chi connectivity index (χ0n) is 18.5. The quantitative estimate of drug-likeness (QED) is 0.662. The van der Waals surface area contributed by atoms with Crippen LogP contribution < -0.4 is 5.32 Å². The van der Waals surface area contributed by atoms with E-state index in [1.54, 1.807) is 30.3 Å². The summed E-state index contributed by atoms with van der Waals surface area (Å²) in [4.78, 5) is 2.62. The molecule has 2 aliphatic rings. The highest BCUT2D eigenvalue weighted by atomic mass is 32.2. The van der Waals surface area contributed by atoms with E-state index in [-0.39, 0.29) is 22.4 Å². The van der Waals surface area contributed by atoms with Gasteiger partial charge in [-0.3, -0.25) is 4.90 Å². The lowest BCUT2D eigenvalue weighted by molar-refractivity contribution is 0.158. The molecule has 8 heteroatoms. The number of hydrogen-bond acceptors (Lipinski definition) is 6. The lowest BCUT2D eigenvalue weighted by atomic mass is 10.00. The molecule has 174 valence electrons. The summed E-state index contributed by atoms with van der Waals surface area (Å²) in [7, 11) is -7.19. The number of benzene rings is 2. The second kappa shape index (κ2) is 9.63. The topological polar surface area (TPSA) is 83.5 Å². The standard InChI is InChI=1S/C24H32N2O4S2/c1-19-10-12-20(13-11-19)23(26-14-6-3-7-15-26)16-25-22-17-31(27,28)18-24(22)32(29,30)21-8-4-2-5-9-21/h2,4-5,8-13,22-25H,3,6-7,14-18H2,1H3/t22-,23?,24-/m0/s1. The van der Waals surface area contributed by atoms with Crippen molar-refractivity contribution >= 4 is 19.7 Å². The minimum atomic E-state index is -3.76. The van der Waals surface area contributed by atoms with Gasteiger partial charge in [0.1, 0.15) is 0 Å². The lowest BCUT2D eigenvalue weighted by Gasteiger charge is -2.36. The van der Waals surface area contributed by atoms with E-state index in [1.807, 2.05) is 0 Å². The summed E-state index contributed by atoms with van der Waals surface area (Å²) in [5.74, 6) is -0.481. The Morgan fingerprint density at radius 2 is 1.62 bits per heavy atom. The zero-order chi connectivity index (χ0) is 22.8. The van der Waals surface area contributed by atoms with Crippen LogP contribution in [0, 0.1) is 6.92 Å². The number of sulfone groups is 2. The van der Waals surface area contributed by atoms with E-state index in [1.165, 1.54) is 17.5 Å². The molecule has 6 nitrogen and oxygen atoms in total. The molecule has 2 aromatic carbocycles. The van der Waals surface area contributed by atoms with E-state index >= 15 is 0 Å². The van der Waals surface area contributed by atoms with Crippen LogP contribution in [0.2, 0.25) is 0 Å². The molecule has 2 fully saturated rings. The first kappa shape index (κ1) is 23.4. The number of hydrogen-bond donors (Lipinski definition) is 1. The fourth-order valence-corrected chi connectivity index (χ4v) is 9.57. The molecular weight excluding hydrogens is 444 g/mol.